The monoisotopic (exact) mass is 198 g/mol. The third-order valence-electron chi connectivity index (χ3n) is 2.97. The van der Waals surface area contributed by atoms with Crippen molar-refractivity contribution in [2.24, 2.45) is 11.8 Å². The highest BCUT2D eigenvalue weighted by Gasteiger charge is 2.27. The van der Waals surface area contributed by atoms with Gasteiger partial charge < -0.3 is 9.80 Å². The summed E-state index contributed by atoms with van der Waals surface area (Å²) >= 11 is 0. The molecule has 0 spiro atoms. The van der Waals surface area contributed by atoms with Crippen LogP contribution in [0, 0.1) is 11.8 Å². The average Bonchev–Trinajstić information content (AvgIpc) is 2.50. The smallest absolute Gasteiger partial charge is 0.236 e. The largest absolute Gasteiger partial charge is 0.341 e. The maximum absolute atomic E-state index is 11.7. The highest BCUT2D eigenvalue weighted by molar-refractivity contribution is 5.78. The van der Waals surface area contributed by atoms with Crippen molar-refractivity contribution in [2.45, 2.75) is 20.3 Å². The Labute approximate surface area is 87.1 Å². The first-order chi connectivity index (χ1) is 6.50. The fraction of sp³-hybridized carbons (Fsp3) is 0.909. The summed E-state index contributed by atoms with van der Waals surface area (Å²) in [6.45, 7) is 6.94. The van der Waals surface area contributed by atoms with E-state index < -0.39 is 0 Å². The standard InChI is InChI=1S/C11H22N2O/c1-9(2)10-5-6-13(7-10)11(14)8-12(3)4/h9-10H,5-8H2,1-4H3/t10-/m0/s1. The second kappa shape index (κ2) is 4.78. The maximum Gasteiger partial charge on any atom is 0.236 e. The number of nitrogens with zero attached hydrogens (tertiary/aromatic N) is 2. The van der Waals surface area contributed by atoms with Crippen molar-refractivity contribution >= 4 is 5.91 Å². The zero-order chi connectivity index (χ0) is 10.7. The molecule has 0 aromatic carbocycles. The lowest BCUT2D eigenvalue weighted by atomic mass is 9.95. The Hall–Kier alpha value is -0.570. The van der Waals surface area contributed by atoms with Gasteiger partial charge in [0.05, 0.1) is 6.54 Å². The summed E-state index contributed by atoms with van der Waals surface area (Å²) in [7, 11) is 3.88. The maximum atomic E-state index is 11.7. The van der Waals surface area contributed by atoms with Gasteiger partial charge in [-0.2, -0.15) is 0 Å². The molecule has 14 heavy (non-hydrogen) atoms. The van der Waals surface area contributed by atoms with Gasteiger partial charge in [-0.1, -0.05) is 13.8 Å². The minimum atomic E-state index is 0.276. The van der Waals surface area contributed by atoms with Crippen molar-refractivity contribution in [3.8, 4) is 0 Å². The van der Waals surface area contributed by atoms with E-state index in [0.29, 0.717) is 18.4 Å². The summed E-state index contributed by atoms with van der Waals surface area (Å²) in [5.41, 5.74) is 0. The molecule has 1 aliphatic rings. The molecule has 1 rings (SSSR count). The Kier molecular flexibility index (Phi) is 3.93. The second-order valence-electron chi connectivity index (χ2n) is 4.87. The molecule has 0 unspecified atom stereocenters. The molecular weight excluding hydrogens is 176 g/mol. The van der Waals surface area contributed by atoms with E-state index in [1.54, 1.807) is 0 Å². The number of hydrogen-bond acceptors (Lipinski definition) is 2. The Balaban J connectivity index is 2.38. The minimum Gasteiger partial charge on any atom is -0.341 e. The molecule has 82 valence electrons. The Bertz CT molecular complexity index is 201. The average molecular weight is 198 g/mol. The van der Waals surface area contributed by atoms with Gasteiger partial charge in [0.1, 0.15) is 0 Å². The number of amides is 1. The van der Waals surface area contributed by atoms with E-state index in [-0.39, 0.29) is 5.91 Å². The van der Waals surface area contributed by atoms with Crippen LogP contribution in [0.3, 0.4) is 0 Å². The van der Waals surface area contributed by atoms with Crippen molar-refractivity contribution in [1.82, 2.24) is 9.80 Å². The molecule has 0 N–H and O–H groups in total. The SMILES string of the molecule is CC(C)[C@H]1CCN(C(=O)CN(C)C)C1. The summed E-state index contributed by atoms with van der Waals surface area (Å²) in [4.78, 5) is 15.6. The van der Waals surface area contributed by atoms with Crippen LogP contribution in [-0.4, -0.2) is 49.4 Å². The highest BCUT2D eigenvalue weighted by Crippen LogP contribution is 2.23. The van der Waals surface area contributed by atoms with Gasteiger partial charge in [-0.15, -0.1) is 0 Å². The number of carbonyl (C=O) groups is 1. The molecule has 3 heteroatoms. The molecule has 1 saturated heterocycles. The van der Waals surface area contributed by atoms with E-state index >= 15 is 0 Å². The molecule has 0 bridgehead atoms. The fourth-order valence-corrected chi connectivity index (χ4v) is 1.93. The van der Waals surface area contributed by atoms with Crippen LogP contribution in [0.4, 0.5) is 0 Å². The molecule has 0 saturated carbocycles. The first-order valence-electron chi connectivity index (χ1n) is 5.43. The fourth-order valence-electron chi connectivity index (χ4n) is 1.93. The predicted octanol–water partition coefficient (Wildman–Crippen LogP) is 1.05. The first kappa shape index (κ1) is 11.5. The van der Waals surface area contributed by atoms with E-state index in [4.69, 9.17) is 0 Å². The lowest BCUT2D eigenvalue weighted by Gasteiger charge is -2.20. The molecule has 1 atom stereocenters. The van der Waals surface area contributed by atoms with Crippen molar-refractivity contribution < 1.29 is 4.79 Å². The van der Waals surface area contributed by atoms with Crippen molar-refractivity contribution in [3.05, 3.63) is 0 Å². The Morgan fingerprint density at radius 1 is 1.50 bits per heavy atom. The minimum absolute atomic E-state index is 0.276. The molecule has 0 radical (unpaired) electrons. The molecule has 1 aliphatic heterocycles. The zero-order valence-corrected chi connectivity index (χ0v) is 9.79. The number of carbonyl (C=O) groups excluding carboxylic acids is 1. The van der Waals surface area contributed by atoms with Crippen LogP contribution < -0.4 is 0 Å². The molecule has 0 aliphatic carbocycles. The van der Waals surface area contributed by atoms with E-state index in [0.717, 1.165) is 13.1 Å². The lowest BCUT2D eigenvalue weighted by Crippen LogP contribution is -2.36. The van der Waals surface area contributed by atoms with Gasteiger partial charge in [0.25, 0.3) is 0 Å². The molecule has 1 amide bonds. The van der Waals surface area contributed by atoms with Gasteiger partial charge in [0.15, 0.2) is 0 Å². The summed E-state index contributed by atoms with van der Waals surface area (Å²) < 4.78 is 0. The van der Waals surface area contributed by atoms with Crippen molar-refractivity contribution in [2.75, 3.05) is 33.7 Å². The van der Waals surface area contributed by atoms with Crippen LogP contribution >= 0.6 is 0 Å². The van der Waals surface area contributed by atoms with Crippen molar-refractivity contribution in [3.63, 3.8) is 0 Å². The molecule has 0 aromatic rings. The number of hydrogen-bond donors (Lipinski definition) is 0. The third kappa shape index (κ3) is 2.98. The first-order valence-corrected chi connectivity index (χ1v) is 5.43. The van der Waals surface area contributed by atoms with Gasteiger partial charge in [0, 0.05) is 13.1 Å². The Morgan fingerprint density at radius 3 is 2.57 bits per heavy atom. The lowest BCUT2D eigenvalue weighted by molar-refractivity contribution is -0.130. The van der Waals surface area contributed by atoms with Crippen LogP contribution in [0.25, 0.3) is 0 Å². The number of likely N-dealkylation sites (tertiary alicyclic amines) is 1. The van der Waals surface area contributed by atoms with Gasteiger partial charge in [-0.05, 0) is 32.4 Å². The van der Waals surface area contributed by atoms with E-state index in [9.17, 15) is 4.79 Å². The molecule has 0 aromatic heterocycles. The molecular formula is C11H22N2O. The topological polar surface area (TPSA) is 23.6 Å². The number of likely N-dealkylation sites (N-methyl/N-ethyl adjacent to an activating group) is 1. The van der Waals surface area contributed by atoms with E-state index in [2.05, 4.69) is 13.8 Å². The van der Waals surface area contributed by atoms with Gasteiger partial charge in [0.2, 0.25) is 5.91 Å². The predicted molar refractivity (Wildman–Crippen MR) is 58.1 cm³/mol. The third-order valence-corrected chi connectivity index (χ3v) is 2.97. The second-order valence-corrected chi connectivity index (χ2v) is 4.87. The summed E-state index contributed by atoms with van der Waals surface area (Å²) in [6, 6.07) is 0. The summed E-state index contributed by atoms with van der Waals surface area (Å²) in [5, 5.41) is 0. The van der Waals surface area contributed by atoms with E-state index in [1.165, 1.54) is 6.42 Å². The zero-order valence-electron chi connectivity index (χ0n) is 9.79. The molecule has 1 heterocycles. The highest BCUT2D eigenvalue weighted by atomic mass is 16.2. The normalized spacial score (nSPS) is 22.4. The van der Waals surface area contributed by atoms with Crippen LogP contribution in [-0.2, 0) is 4.79 Å². The van der Waals surface area contributed by atoms with Gasteiger partial charge in [-0.3, -0.25) is 4.79 Å². The quantitative estimate of drug-likeness (QED) is 0.677. The van der Waals surface area contributed by atoms with Crippen LogP contribution in [0.15, 0.2) is 0 Å². The van der Waals surface area contributed by atoms with E-state index in [1.807, 2.05) is 23.9 Å². The summed E-state index contributed by atoms with van der Waals surface area (Å²) in [5.74, 6) is 1.69. The van der Waals surface area contributed by atoms with Crippen LogP contribution in [0.2, 0.25) is 0 Å². The van der Waals surface area contributed by atoms with Crippen LogP contribution in [0.5, 0.6) is 0 Å². The Morgan fingerprint density at radius 2 is 2.14 bits per heavy atom. The van der Waals surface area contributed by atoms with Gasteiger partial charge in [-0.25, -0.2) is 0 Å². The van der Waals surface area contributed by atoms with Gasteiger partial charge >= 0.3 is 0 Å². The molecule has 1 fully saturated rings. The summed E-state index contributed by atoms with van der Waals surface area (Å²) in [6.07, 6.45) is 1.18. The molecule has 3 nitrogen and oxygen atoms in total. The van der Waals surface area contributed by atoms with Crippen LogP contribution in [0.1, 0.15) is 20.3 Å². The van der Waals surface area contributed by atoms with Crippen molar-refractivity contribution in [1.29, 1.82) is 0 Å². The number of rotatable bonds is 3.